The van der Waals surface area contributed by atoms with Crippen LogP contribution in [0.2, 0.25) is 0 Å². The molecule has 25 heavy (non-hydrogen) atoms. The molecule has 0 bridgehead atoms. The number of carbonyl (C=O) groups is 4. The predicted molar refractivity (Wildman–Crippen MR) is 79.3 cm³/mol. The molecular formula is C12H20N4O9. The molecule has 142 valence electrons. The highest BCUT2D eigenvalue weighted by Gasteiger charge is 2.12. The van der Waals surface area contributed by atoms with Crippen LogP contribution in [0, 0.1) is 22.7 Å². The molecule has 0 aromatic carbocycles. The van der Waals surface area contributed by atoms with Crippen LogP contribution in [0.1, 0.15) is 13.8 Å². The number of nitrogens with zero attached hydrogens (tertiary/aromatic N) is 2. The van der Waals surface area contributed by atoms with E-state index in [1.54, 1.807) is 26.0 Å². The molecule has 0 saturated heterocycles. The van der Waals surface area contributed by atoms with Gasteiger partial charge in [0.1, 0.15) is 0 Å². The molecule has 0 aliphatic rings. The largest absolute Gasteiger partial charge is 0.473 e. The van der Waals surface area contributed by atoms with Crippen molar-refractivity contribution in [3.05, 3.63) is 0 Å². The van der Waals surface area contributed by atoms with Gasteiger partial charge in [-0.25, -0.2) is 19.2 Å². The Balaban J connectivity index is -0.000000133. The molecule has 13 heteroatoms. The van der Waals surface area contributed by atoms with E-state index in [9.17, 15) is 9.59 Å². The zero-order valence-electron chi connectivity index (χ0n) is 13.5. The van der Waals surface area contributed by atoms with Crippen molar-refractivity contribution >= 4 is 23.9 Å². The van der Waals surface area contributed by atoms with Gasteiger partial charge in [-0.2, -0.15) is 10.5 Å². The number of carboxylic acid groups (broad SMARTS) is 2. The average molecular weight is 364 g/mol. The van der Waals surface area contributed by atoms with Crippen molar-refractivity contribution in [1.82, 2.24) is 0 Å². The lowest BCUT2D eigenvalue weighted by Crippen LogP contribution is -2.30. The van der Waals surface area contributed by atoms with Crippen LogP contribution < -0.4 is 11.5 Å². The minimum Gasteiger partial charge on any atom is -0.473 e. The van der Waals surface area contributed by atoms with Crippen LogP contribution in [-0.4, -0.2) is 64.9 Å². The number of hydrogen-bond donors (Lipinski definition) is 4. The van der Waals surface area contributed by atoms with Gasteiger partial charge >= 0.3 is 23.9 Å². The Bertz CT molecular complexity index is 464. The summed E-state index contributed by atoms with van der Waals surface area (Å²) in [7, 11) is 0. The van der Waals surface area contributed by atoms with Crippen LogP contribution in [0.3, 0.4) is 0 Å². The Morgan fingerprint density at radius 2 is 1.12 bits per heavy atom. The molecule has 0 amide bonds. The molecule has 0 aromatic heterocycles. The first-order chi connectivity index (χ1) is 11.1. The number of nitrogens with two attached hydrogens (primary N) is 2. The lowest BCUT2D eigenvalue weighted by Gasteiger charge is -2.00. The van der Waals surface area contributed by atoms with Gasteiger partial charge in [0.25, 0.3) is 0 Å². The smallest absolute Gasteiger partial charge is 0.414 e. The molecular weight excluding hydrogens is 344 g/mol. The van der Waals surface area contributed by atoms with Crippen LogP contribution in [0.15, 0.2) is 0 Å². The third-order valence-corrected chi connectivity index (χ3v) is 1.54. The predicted octanol–water partition coefficient (Wildman–Crippen LogP) is -2.87. The minimum absolute atomic E-state index is 0. The summed E-state index contributed by atoms with van der Waals surface area (Å²) in [5, 5.41) is 30.9. The van der Waals surface area contributed by atoms with Crippen LogP contribution in [-0.2, 0) is 28.7 Å². The number of ether oxygens (including phenoxy) is 2. The Labute approximate surface area is 142 Å². The monoisotopic (exact) mass is 364 g/mol. The van der Waals surface area contributed by atoms with E-state index < -0.39 is 36.0 Å². The number of carboxylic acids is 2. The topological polar surface area (TPSA) is 258 Å². The molecule has 2 unspecified atom stereocenters. The third-order valence-electron chi connectivity index (χ3n) is 1.54. The van der Waals surface area contributed by atoms with E-state index in [-0.39, 0.29) is 18.7 Å². The maximum absolute atomic E-state index is 10.4. The fourth-order valence-corrected chi connectivity index (χ4v) is 0.569. The molecule has 8 N–H and O–H groups in total. The van der Waals surface area contributed by atoms with E-state index in [4.69, 9.17) is 41.8 Å². The fourth-order valence-electron chi connectivity index (χ4n) is 0.569. The summed E-state index contributed by atoms with van der Waals surface area (Å²) >= 11 is 0. The van der Waals surface area contributed by atoms with Gasteiger partial charge < -0.3 is 36.6 Å². The molecule has 13 nitrogen and oxygen atoms in total. The molecule has 0 aromatic rings. The number of rotatable bonds is 4. The summed E-state index contributed by atoms with van der Waals surface area (Å²) in [4.78, 5) is 39.0. The van der Waals surface area contributed by atoms with Crippen molar-refractivity contribution in [2.45, 2.75) is 25.9 Å². The van der Waals surface area contributed by atoms with Gasteiger partial charge in [0.05, 0.1) is 25.4 Å². The molecule has 0 heterocycles. The summed E-state index contributed by atoms with van der Waals surface area (Å²) in [5.41, 5.74) is 9.93. The number of esters is 2. The van der Waals surface area contributed by atoms with Crippen LogP contribution >= 0.6 is 0 Å². The molecule has 0 rings (SSSR count). The normalized spacial score (nSPS) is 10.2. The second-order valence-corrected chi connectivity index (χ2v) is 3.33. The van der Waals surface area contributed by atoms with Gasteiger partial charge in [0, 0.05) is 0 Å². The van der Waals surface area contributed by atoms with E-state index in [1.807, 2.05) is 0 Å². The first kappa shape index (κ1) is 29.7. The second kappa shape index (κ2) is 18.8. The summed E-state index contributed by atoms with van der Waals surface area (Å²) in [6, 6.07) is 0.837. The van der Waals surface area contributed by atoms with Crippen LogP contribution in [0.25, 0.3) is 0 Å². The summed E-state index contributed by atoms with van der Waals surface area (Å²) in [5.74, 6) is -4.98. The Kier molecular flexibility index (Phi) is 22.3. The van der Waals surface area contributed by atoms with Gasteiger partial charge in [-0.05, 0) is 13.8 Å². The standard InChI is InChI=1S/2C5H8N2O2.C2H2O4.H2O/c2*1-2-9-5(8)4(7)3-6;3-1(4)2(5)6;/h2*4H,2,7H2,1H3;(H,3,4)(H,5,6);1H2. The van der Waals surface area contributed by atoms with E-state index in [2.05, 4.69) is 9.47 Å². The van der Waals surface area contributed by atoms with Gasteiger partial charge in [0.2, 0.25) is 0 Å². The Hall–Kier alpha value is -3.26. The second-order valence-electron chi connectivity index (χ2n) is 3.33. The Morgan fingerprint density at radius 3 is 1.24 bits per heavy atom. The molecule has 0 saturated carbocycles. The molecule has 0 spiro atoms. The van der Waals surface area contributed by atoms with E-state index in [0.29, 0.717) is 0 Å². The van der Waals surface area contributed by atoms with Crippen molar-refractivity contribution in [3.8, 4) is 12.1 Å². The molecule has 0 fully saturated rings. The molecule has 0 aliphatic heterocycles. The van der Waals surface area contributed by atoms with E-state index in [0.717, 1.165) is 0 Å². The van der Waals surface area contributed by atoms with Crippen molar-refractivity contribution in [1.29, 1.82) is 10.5 Å². The highest BCUT2D eigenvalue weighted by atomic mass is 16.5. The molecule has 0 radical (unpaired) electrons. The van der Waals surface area contributed by atoms with Crippen molar-refractivity contribution in [3.63, 3.8) is 0 Å². The summed E-state index contributed by atoms with van der Waals surface area (Å²) in [6.45, 7) is 3.83. The number of nitriles is 2. The fraction of sp³-hybridized carbons (Fsp3) is 0.500. The number of aliphatic carboxylic acids is 2. The number of hydrogen-bond acceptors (Lipinski definition) is 10. The molecule has 2 atom stereocenters. The van der Waals surface area contributed by atoms with Gasteiger partial charge in [0.15, 0.2) is 12.1 Å². The maximum Gasteiger partial charge on any atom is 0.414 e. The van der Waals surface area contributed by atoms with Gasteiger partial charge in [-0.1, -0.05) is 0 Å². The number of carbonyl (C=O) groups excluding carboxylic acids is 2. The first-order valence-corrected chi connectivity index (χ1v) is 6.18. The van der Waals surface area contributed by atoms with Gasteiger partial charge in [-0.3, -0.25) is 0 Å². The van der Waals surface area contributed by atoms with E-state index in [1.165, 1.54) is 0 Å². The van der Waals surface area contributed by atoms with Crippen LogP contribution in [0.5, 0.6) is 0 Å². The van der Waals surface area contributed by atoms with E-state index >= 15 is 0 Å². The Morgan fingerprint density at radius 1 is 0.880 bits per heavy atom. The van der Waals surface area contributed by atoms with Crippen molar-refractivity contribution < 1.29 is 44.3 Å². The average Bonchev–Trinajstić information content (AvgIpc) is 2.54. The summed E-state index contributed by atoms with van der Waals surface area (Å²) < 4.78 is 8.82. The highest BCUT2D eigenvalue weighted by molar-refractivity contribution is 6.27. The van der Waals surface area contributed by atoms with Gasteiger partial charge in [-0.15, -0.1) is 0 Å². The zero-order valence-corrected chi connectivity index (χ0v) is 13.5. The lowest BCUT2D eigenvalue weighted by atomic mass is 10.4. The maximum atomic E-state index is 10.4. The lowest BCUT2D eigenvalue weighted by molar-refractivity contribution is -0.159. The minimum atomic E-state index is -1.82. The third kappa shape index (κ3) is 20.7. The van der Waals surface area contributed by atoms with Crippen molar-refractivity contribution in [2.75, 3.05) is 13.2 Å². The summed E-state index contributed by atoms with van der Waals surface area (Å²) in [6.07, 6.45) is 0. The quantitative estimate of drug-likeness (QED) is 0.290. The molecule has 0 aliphatic carbocycles. The van der Waals surface area contributed by atoms with Crippen LogP contribution in [0.4, 0.5) is 0 Å². The van der Waals surface area contributed by atoms with Crippen molar-refractivity contribution in [2.24, 2.45) is 11.5 Å². The first-order valence-electron chi connectivity index (χ1n) is 6.18. The zero-order chi connectivity index (χ0) is 19.7. The highest BCUT2D eigenvalue weighted by Crippen LogP contribution is 1.82. The SMILES string of the molecule is CCOC(=O)C(N)C#N.CCOC(=O)C(N)C#N.O.O=C(O)C(=O)O.